The van der Waals surface area contributed by atoms with Crippen LogP contribution in [0.15, 0.2) is 33.6 Å². The van der Waals surface area contributed by atoms with Crippen LogP contribution in [0.3, 0.4) is 0 Å². The van der Waals surface area contributed by atoms with Gasteiger partial charge in [-0.15, -0.1) is 0 Å². The summed E-state index contributed by atoms with van der Waals surface area (Å²) in [5.74, 6) is 0.659. The lowest BCUT2D eigenvalue weighted by Gasteiger charge is -2.37. The molecule has 6 nitrogen and oxygen atoms in total. The molecule has 1 aliphatic rings. The number of carboxylic acid groups (broad SMARTS) is 1. The number of aromatic amines is 1. The molecule has 30 heavy (non-hydrogen) atoms. The number of aromatic nitrogens is 1. The van der Waals surface area contributed by atoms with Crippen molar-refractivity contribution < 1.29 is 14.4 Å². The maximum Gasteiger partial charge on any atom is 0.407 e. The van der Waals surface area contributed by atoms with E-state index in [2.05, 4.69) is 64.9 Å². The van der Waals surface area contributed by atoms with E-state index < -0.39 is 6.09 Å². The van der Waals surface area contributed by atoms with Crippen LogP contribution in [0.25, 0.3) is 0 Å². The second kappa shape index (κ2) is 7.97. The highest BCUT2D eigenvalue weighted by molar-refractivity contribution is 5.65. The van der Waals surface area contributed by atoms with Gasteiger partial charge >= 0.3 is 6.09 Å². The van der Waals surface area contributed by atoms with Crippen LogP contribution in [0, 0.1) is 0 Å². The molecule has 1 aromatic carbocycles. The Morgan fingerprint density at radius 2 is 1.70 bits per heavy atom. The van der Waals surface area contributed by atoms with Gasteiger partial charge in [0, 0.05) is 24.6 Å². The van der Waals surface area contributed by atoms with E-state index in [1.54, 1.807) is 4.90 Å². The van der Waals surface area contributed by atoms with Gasteiger partial charge in [-0.25, -0.2) is 4.79 Å². The Morgan fingerprint density at radius 3 is 2.17 bits per heavy atom. The first-order valence-electron chi connectivity index (χ1n) is 10.7. The van der Waals surface area contributed by atoms with E-state index >= 15 is 0 Å². The molecule has 2 atom stereocenters. The highest BCUT2D eigenvalue weighted by atomic mass is 16.5. The van der Waals surface area contributed by atoms with Crippen molar-refractivity contribution in [3.05, 3.63) is 57.1 Å². The summed E-state index contributed by atoms with van der Waals surface area (Å²) in [6, 6.07) is 8.03. The molecule has 1 aliphatic heterocycles. The number of hydrogen-bond donors (Lipinski definition) is 2. The third kappa shape index (κ3) is 4.97. The molecule has 0 unspecified atom stereocenters. The van der Waals surface area contributed by atoms with Crippen molar-refractivity contribution in [2.24, 2.45) is 0 Å². The summed E-state index contributed by atoms with van der Waals surface area (Å²) in [5, 5.41) is 12.1. The summed E-state index contributed by atoms with van der Waals surface area (Å²) in [4.78, 5) is 24.9. The van der Waals surface area contributed by atoms with Gasteiger partial charge in [-0.3, -0.25) is 4.79 Å². The number of nitrogens with zero attached hydrogens (tertiary/aromatic N) is 1. The van der Waals surface area contributed by atoms with Gasteiger partial charge in [0.25, 0.3) is 5.56 Å². The molecule has 1 amide bonds. The lowest BCUT2D eigenvalue weighted by Crippen LogP contribution is -2.46. The molecule has 2 heterocycles. The van der Waals surface area contributed by atoms with Gasteiger partial charge in [0.15, 0.2) is 0 Å². The van der Waals surface area contributed by atoms with Crippen LogP contribution in [0.5, 0.6) is 0 Å². The standard InChI is InChI=1S/C24H34N2O4/c1-23(2,3)17-9-15(10-18(13-17)24(4,5)6)11-19-12-16(7-8-26(19)22(28)29)20-14-21(27)25-30-20/h9-10,13-14,16,19H,7-8,11-12H2,1-6H3,(H,25,27)(H,28,29)/t16-,19-/m0/s1. The summed E-state index contributed by atoms with van der Waals surface area (Å²) >= 11 is 0. The van der Waals surface area contributed by atoms with Gasteiger partial charge in [-0.2, -0.15) is 5.16 Å². The fourth-order valence-corrected chi connectivity index (χ4v) is 4.20. The molecular formula is C24H34N2O4. The highest BCUT2D eigenvalue weighted by Crippen LogP contribution is 2.35. The van der Waals surface area contributed by atoms with Crippen molar-refractivity contribution in [1.82, 2.24) is 10.1 Å². The summed E-state index contributed by atoms with van der Waals surface area (Å²) in [6.45, 7) is 13.6. The van der Waals surface area contributed by atoms with Crippen LogP contribution in [-0.4, -0.2) is 33.8 Å². The van der Waals surface area contributed by atoms with Crippen LogP contribution in [0.4, 0.5) is 4.79 Å². The smallest absolute Gasteiger partial charge is 0.407 e. The minimum Gasteiger partial charge on any atom is -0.465 e. The Kier molecular flexibility index (Phi) is 5.89. The highest BCUT2D eigenvalue weighted by Gasteiger charge is 2.34. The molecule has 0 saturated carbocycles. The van der Waals surface area contributed by atoms with E-state index in [0.717, 1.165) is 5.56 Å². The van der Waals surface area contributed by atoms with Gasteiger partial charge < -0.3 is 14.5 Å². The van der Waals surface area contributed by atoms with E-state index in [1.807, 2.05) is 0 Å². The Bertz CT molecular complexity index is 926. The number of benzene rings is 1. The number of nitrogens with one attached hydrogen (secondary N) is 1. The molecule has 0 spiro atoms. The zero-order valence-corrected chi connectivity index (χ0v) is 18.9. The first-order chi connectivity index (χ1) is 13.8. The maximum atomic E-state index is 11.9. The number of H-pyrrole nitrogens is 1. The predicted molar refractivity (Wildman–Crippen MR) is 117 cm³/mol. The monoisotopic (exact) mass is 414 g/mol. The van der Waals surface area contributed by atoms with Gasteiger partial charge in [0.2, 0.25) is 0 Å². The van der Waals surface area contributed by atoms with E-state index in [-0.39, 0.29) is 28.3 Å². The minimum absolute atomic E-state index is 0.00608. The van der Waals surface area contributed by atoms with E-state index in [4.69, 9.17) is 4.52 Å². The second-order valence-electron chi connectivity index (χ2n) is 10.6. The average Bonchev–Trinajstić information content (AvgIpc) is 3.06. The first kappa shape index (κ1) is 22.2. The second-order valence-corrected chi connectivity index (χ2v) is 10.6. The zero-order valence-electron chi connectivity index (χ0n) is 18.9. The van der Waals surface area contributed by atoms with Crippen molar-refractivity contribution in [3.63, 3.8) is 0 Å². The number of rotatable bonds is 3. The average molecular weight is 415 g/mol. The fourth-order valence-electron chi connectivity index (χ4n) is 4.20. The summed E-state index contributed by atoms with van der Waals surface area (Å²) < 4.78 is 5.32. The number of piperidine rings is 1. The zero-order chi connectivity index (χ0) is 22.3. The molecule has 164 valence electrons. The van der Waals surface area contributed by atoms with E-state index in [0.29, 0.717) is 31.6 Å². The first-order valence-corrected chi connectivity index (χ1v) is 10.7. The topological polar surface area (TPSA) is 86.5 Å². The molecule has 0 bridgehead atoms. The van der Waals surface area contributed by atoms with E-state index in [1.165, 1.54) is 17.2 Å². The quantitative estimate of drug-likeness (QED) is 0.737. The van der Waals surface area contributed by atoms with Gasteiger partial charge in [0.05, 0.1) is 0 Å². The molecule has 3 rings (SSSR count). The van der Waals surface area contributed by atoms with Crippen LogP contribution in [-0.2, 0) is 17.3 Å². The lowest BCUT2D eigenvalue weighted by molar-refractivity contribution is 0.0968. The molecule has 2 aromatic rings. The Labute approximate surface area is 178 Å². The van der Waals surface area contributed by atoms with Gasteiger partial charge in [-0.05, 0) is 46.8 Å². The summed E-state index contributed by atoms with van der Waals surface area (Å²) in [5.41, 5.74) is 3.43. The van der Waals surface area contributed by atoms with E-state index in [9.17, 15) is 14.7 Å². The third-order valence-corrected chi connectivity index (χ3v) is 6.10. The van der Waals surface area contributed by atoms with Gasteiger partial charge in [-0.1, -0.05) is 59.7 Å². The summed E-state index contributed by atoms with van der Waals surface area (Å²) in [7, 11) is 0. The Morgan fingerprint density at radius 1 is 1.10 bits per heavy atom. The molecule has 0 radical (unpaired) electrons. The molecule has 1 saturated heterocycles. The number of carbonyl (C=O) groups is 1. The third-order valence-electron chi connectivity index (χ3n) is 6.10. The number of amides is 1. The Balaban J connectivity index is 1.94. The molecule has 6 heteroatoms. The van der Waals surface area contributed by atoms with Crippen molar-refractivity contribution in [1.29, 1.82) is 0 Å². The van der Waals surface area contributed by atoms with Gasteiger partial charge in [0.1, 0.15) is 5.76 Å². The largest absolute Gasteiger partial charge is 0.465 e. The number of likely N-dealkylation sites (tertiary alicyclic amines) is 1. The lowest BCUT2D eigenvalue weighted by atomic mass is 9.78. The molecular weight excluding hydrogens is 380 g/mol. The molecule has 0 aliphatic carbocycles. The van der Waals surface area contributed by atoms with Crippen molar-refractivity contribution in [3.8, 4) is 0 Å². The van der Waals surface area contributed by atoms with Crippen molar-refractivity contribution in [2.45, 2.75) is 83.6 Å². The summed E-state index contributed by atoms with van der Waals surface area (Å²) in [6.07, 6.45) is 1.04. The van der Waals surface area contributed by atoms with Crippen LogP contribution >= 0.6 is 0 Å². The molecule has 1 aromatic heterocycles. The molecule has 2 N–H and O–H groups in total. The Hall–Kier alpha value is -2.50. The van der Waals surface area contributed by atoms with Crippen LogP contribution < -0.4 is 5.56 Å². The van der Waals surface area contributed by atoms with Crippen molar-refractivity contribution >= 4 is 6.09 Å². The number of hydrogen-bond acceptors (Lipinski definition) is 3. The van der Waals surface area contributed by atoms with Crippen LogP contribution in [0.1, 0.15) is 82.8 Å². The molecule has 1 fully saturated rings. The SMILES string of the molecule is CC(C)(C)c1cc(C[C@H]2C[C@@H](c3cc(=O)[nH]o3)CCN2C(=O)O)cc(C(C)(C)C)c1. The predicted octanol–water partition coefficient (Wildman–Crippen LogP) is 5.03. The van der Waals surface area contributed by atoms with Crippen LogP contribution in [0.2, 0.25) is 0 Å². The minimum atomic E-state index is -0.892. The normalized spacial score (nSPS) is 20.4. The fraction of sp³-hybridized carbons (Fsp3) is 0.583. The maximum absolute atomic E-state index is 11.9. The van der Waals surface area contributed by atoms with Crippen molar-refractivity contribution in [2.75, 3.05) is 6.54 Å².